The first-order valence-electron chi connectivity index (χ1n) is 9.92. The minimum Gasteiger partial charge on any atom is -0.493 e. The topological polar surface area (TPSA) is 54.7 Å². The van der Waals surface area contributed by atoms with Gasteiger partial charge in [-0.15, -0.1) is 0 Å². The molecule has 1 aromatic heterocycles. The van der Waals surface area contributed by atoms with Crippen LogP contribution in [0, 0.1) is 0 Å². The Labute approximate surface area is 163 Å². The van der Waals surface area contributed by atoms with Gasteiger partial charge in [0.2, 0.25) is 0 Å². The van der Waals surface area contributed by atoms with Crippen molar-refractivity contribution in [2.75, 3.05) is 31.1 Å². The molecule has 0 bridgehead atoms. The quantitative estimate of drug-likeness (QED) is 0.691. The molecule has 0 aliphatic carbocycles. The van der Waals surface area contributed by atoms with Crippen LogP contribution < -0.4 is 20.6 Å². The van der Waals surface area contributed by atoms with Gasteiger partial charge >= 0.3 is 5.63 Å². The minimum atomic E-state index is -0.315. The second-order valence-corrected chi connectivity index (χ2v) is 7.94. The molecule has 0 saturated carbocycles. The third-order valence-corrected chi connectivity index (χ3v) is 5.80. The molecule has 2 aliphatic heterocycles. The maximum absolute atomic E-state index is 12.7. The second-order valence-electron chi connectivity index (χ2n) is 7.94. The van der Waals surface area contributed by atoms with Gasteiger partial charge in [0.15, 0.2) is 0 Å². The van der Waals surface area contributed by atoms with Gasteiger partial charge in [-0.3, -0.25) is 0 Å². The van der Waals surface area contributed by atoms with Crippen LogP contribution in [0.25, 0.3) is 22.1 Å². The molecule has 1 unspecified atom stereocenters. The number of anilines is 1. The molecule has 5 rings (SSSR count). The Morgan fingerprint density at radius 3 is 2.86 bits per heavy atom. The average molecular weight is 376 g/mol. The van der Waals surface area contributed by atoms with Crippen LogP contribution in [-0.4, -0.2) is 32.3 Å². The molecule has 5 heteroatoms. The summed E-state index contributed by atoms with van der Waals surface area (Å²) in [6.07, 6.45) is 0. The van der Waals surface area contributed by atoms with E-state index in [1.54, 1.807) is 0 Å². The third kappa shape index (κ3) is 2.96. The van der Waals surface area contributed by atoms with Gasteiger partial charge in [-0.25, -0.2) is 4.79 Å². The van der Waals surface area contributed by atoms with Gasteiger partial charge < -0.3 is 19.4 Å². The first kappa shape index (κ1) is 17.3. The van der Waals surface area contributed by atoms with Crippen LogP contribution in [0.5, 0.6) is 5.75 Å². The van der Waals surface area contributed by atoms with Gasteiger partial charge in [0, 0.05) is 54.3 Å². The van der Waals surface area contributed by atoms with Gasteiger partial charge in [-0.05, 0) is 36.8 Å². The number of benzene rings is 2. The summed E-state index contributed by atoms with van der Waals surface area (Å²) < 4.78 is 11.5. The fourth-order valence-corrected chi connectivity index (χ4v) is 4.20. The molecule has 1 fully saturated rings. The summed E-state index contributed by atoms with van der Waals surface area (Å²) in [5.74, 6) is 1.26. The summed E-state index contributed by atoms with van der Waals surface area (Å²) in [7, 11) is 0. The molecule has 1 N–H and O–H groups in total. The molecular formula is C23H24N2O3. The van der Waals surface area contributed by atoms with Crippen molar-refractivity contribution in [2.45, 2.75) is 25.8 Å². The zero-order chi connectivity index (χ0) is 19.3. The highest BCUT2D eigenvalue weighted by Crippen LogP contribution is 2.36. The van der Waals surface area contributed by atoms with Gasteiger partial charge in [0.05, 0.1) is 12.2 Å². The van der Waals surface area contributed by atoms with E-state index in [9.17, 15) is 4.79 Å². The van der Waals surface area contributed by atoms with Crippen molar-refractivity contribution in [3.63, 3.8) is 0 Å². The number of hydrogen-bond acceptors (Lipinski definition) is 5. The maximum Gasteiger partial charge on any atom is 0.344 e. The van der Waals surface area contributed by atoms with Gasteiger partial charge in [0.25, 0.3) is 0 Å². The summed E-state index contributed by atoms with van der Waals surface area (Å²) in [5, 5.41) is 4.38. The fraction of sp³-hybridized carbons (Fsp3) is 0.348. The van der Waals surface area contributed by atoms with E-state index in [1.807, 2.05) is 30.3 Å². The molecule has 2 atom stereocenters. The Balaban J connectivity index is 1.53. The smallest absolute Gasteiger partial charge is 0.344 e. The molecular weight excluding hydrogens is 352 g/mol. The lowest BCUT2D eigenvalue weighted by atomic mass is 9.99. The predicted molar refractivity (Wildman–Crippen MR) is 112 cm³/mol. The zero-order valence-electron chi connectivity index (χ0n) is 16.2. The second kappa shape index (κ2) is 6.67. The van der Waals surface area contributed by atoms with Crippen LogP contribution in [0.3, 0.4) is 0 Å². The van der Waals surface area contributed by atoms with Gasteiger partial charge in [-0.2, -0.15) is 0 Å². The van der Waals surface area contributed by atoms with E-state index >= 15 is 0 Å². The van der Waals surface area contributed by atoms with E-state index in [0.29, 0.717) is 29.7 Å². The summed E-state index contributed by atoms with van der Waals surface area (Å²) in [6.45, 7) is 7.88. The molecule has 144 valence electrons. The molecule has 2 aliphatic rings. The number of ether oxygens (including phenoxy) is 1. The third-order valence-electron chi connectivity index (χ3n) is 5.80. The Morgan fingerprint density at radius 2 is 2.00 bits per heavy atom. The van der Waals surface area contributed by atoms with Crippen molar-refractivity contribution in [2.24, 2.45) is 0 Å². The molecule has 3 heterocycles. The van der Waals surface area contributed by atoms with Crippen molar-refractivity contribution in [3.8, 4) is 16.9 Å². The molecule has 3 aromatic rings. The van der Waals surface area contributed by atoms with Crippen molar-refractivity contribution in [1.29, 1.82) is 0 Å². The molecule has 5 nitrogen and oxygen atoms in total. The van der Waals surface area contributed by atoms with Crippen molar-refractivity contribution in [3.05, 3.63) is 58.4 Å². The maximum atomic E-state index is 12.7. The zero-order valence-corrected chi connectivity index (χ0v) is 16.2. The fourth-order valence-electron chi connectivity index (χ4n) is 4.20. The van der Waals surface area contributed by atoms with Crippen LogP contribution in [-0.2, 0) is 0 Å². The Hall–Kier alpha value is -2.79. The standard InChI is InChI=1S/C23H24N2O3/c1-14-13-27-22-10-16(4-6-19(14)22)20-9-17-3-5-18(11-21(17)28-23(20)26)25-8-7-24-15(2)12-25/h3-6,9-11,14-15,24H,7-8,12-13H2,1-2H3/t14?,15-/m0/s1. The van der Waals surface area contributed by atoms with Gasteiger partial charge in [0.1, 0.15) is 11.3 Å². The van der Waals surface area contributed by atoms with E-state index in [0.717, 1.165) is 42.0 Å². The van der Waals surface area contributed by atoms with E-state index in [-0.39, 0.29) is 5.63 Å². The van der Waals surface area contributed by atoms with E-state index in [4.69, 9.17) is 9.15 Å². The van der Waals surface area contributed by atoms with E-state index in [2.05, 4.69) is 36.2 Å². The summed E-state index contributed by atoms with van der Waals surface area (Å²) in [5.41, 5.74) is 4.01. The Bertz CT molecular complexity index is 1100. The largest absolute Gasteiger partial charge is 0.493 e. The highest BCUT2D eigenvalue weighted by Gasteiger charge is 2.21. The van der Waals surface area contributed by atoms with Crippen molar-refractivity contribution >= 4 is 16.7 Å². The normalized spacial score (nSPS) is 21.6. The van der Waals surface area contributed by atoms with E-state index in [1.165, 1.54) is 5.56 Å². The van der Waals surface area contributed by atoms with Crippen molar-refractivity contribution in [1.82, 2.24) is 5.32 Å². The van der Waals surface area contributed by atoms with Crippen LogP contribution in [0.1, 0.15) is 25.3 Å². The minimum absolute atomic E-state index is 0.315. The Morgan fingerprint density at radius 1 is 1.11 bits per heavy atom. The SMILES string of the molecule is CC1COc2cc(-c3cc4ccc(N5CCN[C@@H](C)C5)cc4oc3=O)ccc21. The molecule has 0 radical (unpaired) electrons. The summed E-state index contributed by atoms with van der Waals surface area (Å²) in [6, 6.07) is 14.5. The number of nitrogens with zero attached hydrogens (tertiary/aromatic N) is 1. The predicted octanol–water partition coefficient (Wildman–Crippen LogP) is 3.75. The van der Waals surface area contributed by atoms with Crippen LogP contribution in [0.4, 0.5) is 5.69 Å². The molecule has 0 spiro atoms. The van der Waals surface area contributed by atoms with Crippen LogP contribution >= 0.6 is 0 Å². The number of hydrogen-bond donors (Lipinski definition) is 1. The average Bonchev–Trinajstić information content (AvgIpc) is 3.07. The first-order valence-corrected chi connectivity index (χ1v) is 9.92. The summed E-state index contributed by atoms with van der Waals surface area (Å²) >= 11 is 0. The van der Waals surface area contributed by atoms with Crippen LogP contribution in [0.2, 0.25) is 0 Å². The monoisotopic (exact) mass is 376 g/mol. The number of rotatable bonds is 2. The lowest BCUT2D eigenvalue weighted by Gasteiger charge is -2.33. The lowest BCUT2D eigenvalue weighted by Crippen LogP contribution is -2.49. The molecule has 2 aromatic carbocycles. The number of nitrogens with one attached hydrogen (secondary N) is 1. The highest BCUT2D eigenvalue weighted by molar-refractivity contribution is 5.84. The van der Waals surface area contributed by atoms with Crippen LogP contribution in [0.15, 0.2) is 51.7 Å². The highest BCUT2D eigenvalue weighted by atomic mass is 16.5. The molecule has 1 saturated heterocycles. The Kier molecular flexibility index (Phi) is 4.13. The molecule has 0 amide bonds. The van der Waals surface area contributed by atoms with E-state index < -0.39 is 0 Å². The molecule has 28 heavy (non-hydrogen) atoms. The first-order chi connectivity index (χ1) is 13.6. The van der Waals surface area contributed by atoms with Crippen molar-refractivity contribution < 1.29 is 9.15 Å². The summed E-state index contributed by atoms with van der Waals surface area (Å²) in [4.78, 5) is 15.0. The number of fused-ring (bicyclic) bond motifs is 2. The van der Waals surface area contributed by atoms with Gasteiger partial charge in [-0.1, -0.05) is 19.1 Å². The lowest BCUT2D eigenvalue weighted by molar-refractivity contribution is 0.337. The number of piperazine rings is 1.